The summed E-state index contributed by atoms with van der Waals surface area (Å²) < 4.78 is 11.8. The molecule has 1 atom stereocenters. The van der Waals surface area contributed by atoms with E-state index in [-0.39, 0.29) is 0 Å². The van der Waals surface area contributed by atoms with Gasteiger partial charge in [0.1, 0.15) is 5.75 Å². The fraction of sp³-hybridized carbons (Fsp3) is 0.250. The molecular weight excluding hydrogens is 224 g/mol. The molecule has 2 heterocycles. The van der Waals surface area contributed by atoms with E-state index in [9.17, 15) is 0 Å². The van der Waals surface area contributed by atoms with E-state index in [1.807, 2.05) is 6.07 Å². The molecule has 0 saturated carbocycles. The lowest BCUT2D eigenvalue weighted by atomic mass is 9.99. The van der Waals surface area contributed by atoms with Crippen LogP contribution in [0.3, 0.4) is 0 Å². The fourth-order valence-electron chi connectivity index (χ4n) is 2.81. The maximum Gasteiger partial charge on any atom is 0.230 e. The van der Waals surface area contributed by atoms with Crippen molar-refractivity contribution in [1.29, 1.82) is 0 Å². The summed E-state index contributed by atoms with van der Waals surface area (Å²) in [6.45, 7) is 0.785. The smallest absolute Gasteiger partial charge is 0.230 e. The molecule has 90 valence electrons. The third-order valence-corrected chi connectivity index (χ3v) is 3.73. The van der Waals surface area contributed by atoms with Crippen LogP contribution in [0.15, 0.2) is 42.5 Å². The summed E-state index contributed by atoms with van der Waals surface area (Å²) in [7, 11) is 0. The molecule has 0 aromatic heterocycles. The molecule has 1 saturated heterocycles. The van der Waals surface area contributed by atoms with Crippen molar-refractivity contribution in [1.82, 2.24) is 0 Å². The van der Waals surface area contributed by atoms with Crippen LogP contribution in [0.4, 0.5) is 0 Å². The highest BCUT2D eigenvalue weighted by Gasteiger charge is 2.37. The first-order valence-corrected chi connectivity index (χ1v) is 6.40. The van der Waals surface area contributed by atoms with Crippen molar-refractivity contribution >= 4 is 16.8 Å². The second-order valence-corrected chi connectivity index (χ2v) is 4.90. The molecule has 0 aliphatic carbocycles. The highest BCUT2D eigenvalue weighted by Crippen LogP contribution is 2.40. The van der Waals surface area contributed by atoms with Crippen molar-refractivity contribution in [3.63, 3.8) is 0 Å². The molecular formula is C16H14O2. The Hall–Kier alpha value is -1.80. The summed E-state index contributed by atoms with van der Waals surface area (Å²) >= 11 is 0. The van der Waals surface area contributed by atoms with E-state index in [4.69, 9.17) is 9.47 Å². The molecule has 2 nitrogen and oxygen atoms in total. The Bertz CT molecular complexity index is 637. The zero-order valence-electron chi connectivity index (χ0n) is 10.1. The third kappa shape index (κ3) is 1.39. The first kappa shape index (κ1) is 10.2. The van der Waals surface area contributed by atoms with Gasteiger partial charge in [-0.25, -0.2) is 0 Å². The molecule has 2 aliphatic rings. The minimum absolute atomic E-state index is 0.505. The van der Waals surface area contributed by atoms with Gasteiger partial charge in [0.05, 0.1) is 6.61 Å². The topological polar surface area (TPSA) is 18.5 Å². The number of hydrogen-bond acceptors (Lipinski definition) is 2. The average Bonchev–Trinajstić information content (AvgIpc) is 2.86. The molecule has 0 N–H and O–H groups in total. The van der Waals surface area contributed by atoms with Crippen molar-refractivity contribution in [3.05, 3.63) is 48.0 Å². The van der Waals surface area contributed by atoms with E-state index in [1.54, 1.807) is 0 Å². The Labute approximate surface area is 106 Å². The van der Waals surface area contributed by atoms with Gasteiger partial charge < -0.3 is 9.47 Å². The van der Waals surface area contributed by atoms with E-state index in [0.717, 1.165) is 30.8 Å². The van der Waals surface area contributed by atoms with Gasteiger partial charge in [0.15, 0.2) is 0 Å². The van der Waals surface area contributed by atoms with Crippen LogP contribution in [0.5, 0.6) is 5.75 Å². The van der Waals surface area contributed by atoms with E-state index >= 15 is 0 Å². The number of hydrogen-bond donors (Lipinski definition) is 0. The van der Waals surface area contributed by atoms with Crippen LogP contribution in [-0.2, 0) is 4.74 Å². The highest BCUT2D eigenvalue weighted by molar-refractivity contribution is 5.93. The van der Waals surface area contributed by atoms with Crippen LogP contribution in [0.25, 0.3) is 16.8 Å². The number of benzene rings is 2. The van der Waals surface area contributed by atoms with Gasteiger partial charge in [0, 0.05) is 12.0 Å². The average molecular weight is 238 g/mol. The van der Waals surface area contributed by atoms with Gasteiger partial charge in [0.25, 0.3) is 0 Å². The zero-order chi connectivity index (χ0) is 12.0. The molecule has 1 unspecified atom stereocenters. The highest BCUT2D eigenvalue weighted by atomic mass is 16.7. The molecule has 4 rings (SSSR count). The van der Waals surface area contributed by atoms with Crippen molar-refractivity contribution in [2.45, 2.75) is 18.6 Å². The third-order valence-electron chi connectivity index (χ3n) is 3.73. The molecule has 2 aliphatic heterocycles. The Morgan fingerprint density at radius 2 is 2.00 bits per heavy atom. The Morgan fingerprint density at radius 1 is 1.06 bits per heavy atom. The van der Waals surface area contributed by atoms with Gasteiger partial charge in [-0.3, -0.25) is 0 Å². The predicted octanol–water partition coefficient (Wildman–Crippen LogP) is 3.75. The van der Waals surface area contributed by atoms with Crippen molar-refractivity contribution in [3.8, 4) is 5.75 Å². The second-order valence-electron chi connectivity index (χ2n) is 4.90. The van der Waals surface area contributed by atoms with Gasteiger partial charge >= 0.3 is 0 Å². The second kappa shape index (κ2) is 3.59. The first-order chi connectivity index (χ1) is 8.86. The van der Waals surface area contributed by atoms with Gasteiger partial charge in [-0.2, -0.15) is 0 Å². The van der Waals surface area contributed by atoms with Crippen molar-refractivity contribution < 1.29 is 9.47 Å². The Kier molecular flexibility index (Phi) is 2.03. The Balaban J connectivity index is 1.89. The maximum atomic E-state index is 6.08. The number of fused-ring (bicyclic) bond motifs is 3. The zero-order valence-corrected chi connectivity index (χ0v) is 10.1. The van der Waals surface area contributed by atoms with Crippen LogP contribution in [-0.4, -0.2) is 12.4 Å². The standard InChI is InChI=1S/C16H14O2/c1-2-5-13-12(4-1)6-7-15-14(13)8-10-16(18-15)9-3-11-17-16/h1-2,4-8,10H,3,9,11H2. The number of ether oxygens (including phenoxy) is 2. The normalized spacial score (nSPS) is 25.3. The van der Waals surface area contributed by atoms with Crippen LogP contribution in [0.2, 0.25) is 0 Å². The van der Waals surface area contributed by atoms with E-state index in [0.29, 0.717) is 0 Å². The summed E-state index contributed by atoms with van der Waals surface area (Å²) in [6, 6.07) is 12.5. The lowest BCUT2D eigenvalue weighted by Crippen LogP contribution is -2.34. The summed E-state index contributed by atoms with van der Waals surface area (Å²) in [5.41, 5.74) is 1.16. The molecule has 0 amide bonds. The summed E-state index contributed by atoms with van der Waals surface area (Å²) in [5.74, 6) is 0.424. The molecule has 2 aromatic carbocycles. The van der Waals surface area contributed by atoms with Gasteiger partial charge in [0.2, 0.25) is 5.79 Å². The van der Waals surface area contributed by atoms with Gasteiger partial charge in [-0.1, -0.05) is 30.3 Å². The van der Waals surface area contributed by atoms with Gasteiger partial charge in [-0.05, 0) is 35.4 Å². The molecule has 1 fully saturated rings. The van der Waals surface area contributed by atoms with E-state index in [2.05, 4.69) is 42.5 Å². The van der Waals surface area contributed by atoms with Crippen LogP contribution in [0, 0.1) is 0 Å². The minimum atomic E-state index is -0.505. The number of rotatable bonds is 0. The van der Waals surface area contributed by atoms with Crippen LogP contribution < -0.4 is 4.74 Å². The summed E-state index contributed by atoms with van der Waals surface area (Å²) in [4.78, 5) is 0. The maximum absolute atomic E-state index is 6.08. The van der Waals surface area contributed by atoms with Crippen LogP contribution >= 0.6 is 0 Å². The van der Waals surface area contributed by atoms with E-state index in [1.165, 1.54) is 10.8 Å². The Morgan fingerprint density at radius 3 is 2.89 bits per heavy atom. The summed E-state index contributed by atoms with van der Waals surface area (Å²) in [6.07, 6.45) is 6.21. The largest absolute Gasteiger partial charge is 0.458 e. The molecule has 2 aromatic rings. The lowest BCUT2D eigenvalue weighted by molar-refractivity contribution is -0.110. The molecule has 2 heteroatoms. The van der Waals surface area contributed by atoms with Crippen LogP contribution in [0.1, 0.15) is 18.4 Å². The summed E-state index contributed by atoms with van der Waals surface area (Å²) in [5, 5.41) is 2.48. The van der Waals surface area contributed by atoms with Crippen molar-refractivity contribution in [2.24, 2.45) is 0 Å². The molecule has 0 radical (unpaired) electrons. The monoisotopic (exact) mass is 238 g/mol. The fourth-order valence-corrected chi connectivity index (χ4v) is 2.81. The van der Waals surface area contributed by atoms with Crippen molar-refractivity contribution in [2.75, 3.05) is 6.61 Å². The predicted molar refractivity (Wildman–Crippen MR) is 71.5 cm³/mol. The van der Waals surface area contributed by atoms with Gasteiger partial charge in [-0.15, -0.1) is 0 Å². The quantitative estimate of drug-likeness (QED) is 0.696. The molecule has 1 spiro atoms. The minimum Gasteiger partial charge on any atom is -0.458 e. The SMILES string of the molecule is C1=CC2(CCCO2)Oc2ccc3ccccc3c21. The first-order valence-electron chi connectivity index (χ1n) is 6.40. The lowest BCUT2D eigenvalue weighted by Gasteiger charge is -2.30. The molecule has 18 heavy (non-hydrogen) atoms. The van der Waals surface area contributed by atoms with E-state index < -0.39 is 5.79 Å². The molecule has 0 bridgehead atoms.